The van der Waals surface area contributed by atoms with Crippen LogP contribution in [0.15, 0.2) is 59.6 Å². The first-order valence-electron chi connectivity index (χ1n) is 10.9. The highest BCUT2D eigenvalue weighted by Gasteiger charge is 2.36. The lowest BCUT2D eigenvalue weighted by Crippen LogP contribution is -2.37. The van der Waals surface area contributed by atoms with Crippen molar-refractivity contribution in [2.75, 3.05) is 4.90 Å². The van der Waals surface area contributed by atoms with Gasteiger partial charge in [0.15, 0.2) is 0 Å². The molecule has 0 spiro atoms. The molecule has 1 atom stereocenters. The van der Waals surface area contributed by atoms with Crippen LogP contribution in [0, 0.1) is 13.8 Å². The molecule has 0 aromatic heterocycles. The summed E-state index contributed by atoms with van der Waals surface area (Å²) in [6.07, 6.45) is 3.70. The van der Waals surface area contributed by atoms with E-state index < -0.39 is 0 Å². The Bertz CT molecular complexity index is 1210. The average Bonchev–Trinajstić information content (AvgIpc) is 3.08. The van der Waals surface area contributed by atoms with Gasteiger partial charge in [0, 0.05) is 24.4 Å². The van der Waals surface area contributed by atoms with Crippen molar-refractivity contribution in [2.24, 2.45) is 4.99 Å². The van der Waals surface area contributed by atoms with Crippen molar-refractivity contribution < 1.29 is 9.53 Å². The number of nitrogens with zero attached hydrogens (tertiary/aromatic N) is 2. The number of amides is 1. The van der Waals surface area contributed by atoms with E-state index in [0.717, 1.165) is 35.4 Å². The second-order valence-corrected chi connectivity index (χ2v) is 8.46. The van der Waals surface area contributed by atoms with Crippen LogP contribution in [0.1, 0.15) is 45.1 Å². The van der Waals surface area contributed by atoms with E-state index >= 15 is 0 Å². The van der Waals surface area contributed by atoms with Crippen molar-refractivity contribution in [3.63, 3.8) is 0 Å². The molecule has 3 aromatic carbocycles. The SMILES string of the molecule is CCc1cc(C)cc(COc2cc3c(cc2C)C(=O)N2c4ccccc4C[C@H]2C=N3)c1. The van der Waals surface area contributed by atoms with E-state index in [2.05, 4.69) is 38.1 Å². The summed E-state index contributed by atoms with van der Waals surface area (Å²) in [7, 11) is 0. The molecule has 2 heterocycles. The summed E-state index contributed by atoms with van der Waals surface area (Å²) in [4.78, 5) is 20.0. The van der Waals surface area contributed by atoms with Gasteiger partial charge in [0.05, 0.1) is 17.3 Å². The molecular weight excluding hydrogens is 384 g/mol. The first-order chi connectivity index (χ1) is 15.0. The molecule has 2 aliphatic heterocycles. The van der Waals surface area contributed by atoms with Gasteiger partial charge in [0.25, 0.3) is 5.91 Å². The number of rotatable bonds is 4. The molecule has 4 heteroatoms. The summed E-state index contributed by atoms with van der Waals surface area (Å²) in [5.41, 5.74) is 8.14. The number of hydrogen-bond donors (Lipinski definition) is 0. The lowest BCUT2D eigenvalue weighted by atomic mass is 10.0. The Morgan fingerprint density at radius 3 is 2.71 bits per heavy atom. The number of para-hydroxylation sites is 1. The maximum absolute atomic E-state index is 13.4. The summed E-state index contributed by atoms with van der Waals surface area (Å²) in [5, 5.41) is 0. The highest BCUT2D eigenvalue weighted by atomic mass is 16.5. The lowest BCUT2D eigenvalue weighted by Gasteiger charge is -2.22. The van der Waals surface area contributed by atoms with Crippen LogP contribution in [0.25, 0.3) is 0 Å². The molecule has 156 valence electrons. The molecule has 0 N–H and O–H groups in total. The second-order valence-electron chi connectivity index (χ2n) is 8.46. The molecule has 1 amide bonds. The van der Waals surface area contributed by atoms with Gasteiger partial charge in [-0.2, -0.15) is 0 Å². The lowest BCUT2D eigenvalue weighted by molar-refractivity contribution is 0.0987. The minimum absolute atomic E-state index is 0.00312. The van der Waals surface area contributed by atoms with Crippen molar-refractivity contribution in [1.82, 2.24) is 0 Å². The van der Waals surface area contributed by atoms with Crippen LogP contribution >= 0.6 is 0 Å². The van der Waals surface area contributed by atoms with E-state index in [0.29, 0.717) is 17.9 Å². The number of ether oxygens (including phenoxy) is 1. The van der Waals surface area contributed by atoms with Crippen molar-refractivity contribution in [3.05, 3.63) is 88.0 Å². The fourth-order valence-electron chi connectivity index (χ4n) is 4.60. The molecular formula is C27H26N2O2. The number of benzene rings is 3. The topological polar surface area (TPSA) is 41.9 Å². The monoisotopic (exact) mass is 410 g/mol. The molecule has 0 aliphatic carbocycles. The number of aryl methyl sites for hydroxylation is 3. The number of carbonyl (C=O) groups is 1. The molecule has 0 fully saturated rings. The number of carbonyl (C=O) groups excluding carboxylic acids is 1. The normalized spacial score (nSPS) is 16.5. The van der Waals surface area contributed by atoms with E-state index in [4.69, 9.17) is 9.73 Å². The Morgan fingerprint density at radius 2 is 1.87 bits per heavy atom. The highest BCUT2D eigenvalue weighted by Crippen LogP contribution is 2.38. The molecule has 0 bridgehead atoms. The van der Waals surface area contributed by atoms with Crippen molar-refractivity contribution in [3.8, 4) is 5.75 Å². The smallest absolute Gasteiger partial charge is 0.261 e. The van der Waals surface area contributed by atoms with E-state index in [1.165, 1.54) is 16.7 Å². The Hall–Kier alpha value is -3.40. The zero-order valence-corrected chi connectivity index (χ0v) is 18.2. The van der Waals surface area contributed by atoms with Gasteiger partial charge in [-0.25, -0.2) is 0 Å². The Morgan fingerprint density at radius 1 is 1.06 bits per heavy atom. The number of hydrogen-bond acceptors (Lipinski definition) is 3. The molecule has 2 aliphatic rings. The van der Waals surface area contributed by atoms with Crippen LogP contribution in [-0.2, 0) is 19.4 Å². The van der Waals surface area contributed by atoms with E-state index in [-0.39, 0.29) is 11.9 Å². The fourth-order valence-corrected chi connectivity index (χ4v) is 4.60. The molecule has 0 radical (unpaired) electrons. The van der Waals surface area contributed by atoms with Crippen LogP contribution in [0.2, 0.25) is 0 Å². The minimum Gasteiger partial charge on any atom is -0.489 e. The van der Waals surface area contributed by atoms with Gasteiger partial charge in [0.2, 0.25) is 0 Å². The summed E-state index contributed by atoms with van der Waals surface area (Å²) >= 11 is 0. The second kappa shape index (κ2) is 7.69. The summed E-state index contributed by atoms with van der Waals surface area (Å²) in [5.74, 6) is 0.772. The molecule has 3 aromatic rings. The Kier molecular flexibility index (Phi) is 4.85. The first kappa shape index (κ1) is 19.6. The predicted octanol–water partition coefficient (Wildman–Crippen LogP) is 5.73. The third kappa shape index (κ3) is 3.52. The summed E-state index contributed by atoms with van der Waals surface area (Å²) in [6.45, 7) is 6.75. The molecule has 4 nitrogen and oxygen atoms in total. The van der Waals surface area contributed by atoms with Gasteiger partial charge >= 0.3 is 0 Å². The van der Waals surface area contributed by atoms with E-state index in [1.54, 1.807) is 0 Å². The third-order valence-corrected chi connectivity index (χ3v) is 6.14. The maximum Gasteiger partial charge on any atom is 0.261 e. The Balaban J connectivity index is 1.44. The van der Waals surface area contributed by atoms with Gasteiger partial charge in [-0.15, -0.1) is 0 Å². The molecule has 0 unspecified atom stereocenters. The van der Waals surface area contributed by atoms with E-state index in [9.17, 15) is 4.79 Å². The molecule has 31 heavy (non-hydrogen) atoms. The van der Waals surface area contributed by atoms with Crippen LogP contribution in [0.3, 0.4) is 0 Å². The molecule has 0 saturated heterocycles. The molecule has 0 saturated carbocycles. The fraction of sp³-hybridized carbons (Fsp3) is 0.259. The summed E-state index contributed by atoms with van der Waals surface area (Å²) in [6, 6.07) is 18.5. The van der Waals surface area contributed by atoms with Crippen LogP contribution in [-0.4, -0.2) is 18.2 Å². The number of anilines is 1. The van der Waals surface area contributed by atoms with Crippen LogP contribution in [0.5, 0.6) is 5.75 Å². The minimum atomic E-state index is -0.0401. The average molecular weight is 411 g/mol. The maximum atomic E-state index is 13.4. The Labute approximate surface area is 183 Å². The van der Waals surface area contributed by atoms with Crippen LogP contribution < -0.4 is 9.64 Å². The van der Waals surface area contributed by atoms with Crippen molar-refractivity contribution >= 4 is 23.5 Å². The van der Waals surface area contributed by atoms with Crippen molar-refractivity contribution in [1.29, 1.82) is 0 Å². The number of fused-ring (bicyclic) bond motifs is 4. The largest absolute Gasteiger partial charge is 0.489 e. The van der Waals surface area contributed by atoms with E-state index in [1.807, 2.05) is 48.4 Å². The number of aliphatic imine (C=N–C) groups is 1. The van der Waals surface area contributed by atoms with Crippen molar-refractivity contribution in [2.45, 2.75) is 46.3 Å². The standard InChI is InChI=1S/C27H26N2O2/c1-4-19-9-17(2)10-20(12-19)16-31-26-14-24-23(11-18(26)3)27(30)29-22(15-28-24)13-21-7-5-6-8-25(21)29/h5-12,14-15,22H,4,13,16H2,1-3H3/t22-/m0/s1. The quantitative estimate of drug-likeness (QED) is 0.551. The van der Waals surface area contributed by atoms with Gasteiger partial charge in [0.1, 0.15) is 12.4 Å². The van der Waals surface area contributed by atoms with Gasteiger partial charge in [-0.05, 0) is 54.7 Å². The van der Waals surface area contributed by atoms with Gasteiger partial charge in [-0.1, -0.05) is 48.9 Å². The third-order valence-electron chi connectivity index (χ3n) is 6.14. The van der Waals surface area contributed by atoms with Gasteiger partial charge in [-0.3, -0.25) is 14.7 Å². The zero-order chi connectivity index (χ0) is 21.5. The predicted molar refractivity (Wildman–Crippen MR) is 125 cm³/mol. The van der Waals surface area contributed by atoms with Crippen LogP contribution in [0.4, 0.5) is 11.4 Å². The van der Waals surface area contributed by atoms with Gasteiger partial charge < -0.3 is 4.74 Å². The first-order valence-corrected chi connectivity index (χ1v) is 10.9. The highest BCUT2D eigenvalue weighted by molar-refractivity contribution is 6.14. The summed E-state index contributed by atoms with van der Waals surface area (Å²) < 4.78 is 6.17. The molecule has 5 rings (SSSR count). The zero-order valence-electron chi connectivity index (χ0n) is 18.2.